The Kier molecular flexibility index (Phi) is 9.07. The molecule has 0 bridgehead atoms. The number of halogens is 2. The molecular weight excluding hydrogens is 492 g/mol. The fourth-order valence-corrected chi connectivity index (χ4v) is 3.71. The molecule has 3 N–H and O–H groups in total. The van der Waals surface area contributed by atoms with Crippen molar-refractivity contribution in [3.63, 3.8) is 0 Å². The SMILES string of the molecule is N#C/C=C/c1cc(F)c(Nc2nc(NCCCN3CCOCC3)nc(Nc3ccc(C#N)cc3)n2)c(F)c1. The van der Waals surface area contributed by atoms with E-state index in [0.717, 1.165) is 57.5 Å². The molecule has 2 heterocycles. The minimum Gasteiger partial charge on any atom is -0.379 e. The van der Waals surface area contributed by atoms with Crippen molar-refractivity contribution < 1.29 is 13.5 Å². The van der Waals surface area contributed by atoms with Crippen LogP contribution in [0.4, 0.5) is 38.0 Å². The summed E-state index contributed by atoms with van der Waals surface area (Å²) >= 11 is 0. The number of rotatable bonds is 10. The zero-order valence-corrected chi connectivity index (χ0v) is 20.4. The fourth-order valence-electron chi connectivity index (χ4n) is 3.71. The molecule has 0 atom stereocenters. The molecule has 0 amide bonds. The zero-order valence-electron chi connectivity index (χ0n) is 20.4. The predicted molar refractivity (Wildman–Crippen MR) is 139 cm³/mol. The van der Waals surface area contributed by atoms with Crippen LogP contribution in [-0.4, -0.2) is 59.2 Å². The molecule has 38 heavy (non-hydrogen) atoms. The first-order valence-corrected chi connectivity index (χ1v) is 11.9. The molecule has 0 aliphatic carbocycles. The van der Waals surface area contributed by atoms with Gasteiger partial charge in [-0.2, -0.15) is 25.5 Å². The Balaban J connectivity index is 1.53. The molecule has 4 rings (SSSR count). The molecular formula is C26H25F2N9O. The number of anilines is 5. The molecule has 10 nitrogen and oxygen atoms in total. The lowest BCUT2D eigenvalue weighted by Gasteiger charge is -2.26. The van der Waals surface area contributed by atoms with Crippen LogP contribution < -0.4 is 16.0 Å². The molecule has 0 saturated carbocycles. The van der Waals surface area contributed by atoms with Gasteiger partial charge in [-0.25, -0.2) is 8.78 Å². The Bertz CT molecular complexity index is 1340. The molecule has 0 unspecified atom stereocenters. The number of hydrogen-bond donors (Lipinski definition) is 3. The first-order chi connectivity index (χ1) is 18.5. The third kappa shape index (κ3) is 7.43. The zero-order chi connectivity index (χ0) is 26.7. The van der Waals surface area contributed by atoms with Gasteiger partial charge in [-0.3, -0.25) is 4.90 Å². The van der Waals surface area contributed by atoms with Crippen molar-refractivity contribution in [3.8, 4) is 12.1 Å². The van der Waals surface area contributed by atoms with Crippen molar-refractivity contribution in [1.29, 1.82) is 10.5 Å². The number of nitrogens with one attached hydrogen (secondary N) is 3. The number of allylic oxidation sites excluding steroid dienone is 1. The second kappa shape index (κ2) is 13.1. The van der Waals surface area contributed by atoms with Crippen LogP contribution >= 0.6 is 0 Å². The van der Waals surface area contributed by atoms with E-state index in [4.69, 9.17) is 15.3 Å². The lowest BCUT2D eigenvalue weighted by molar-refractivity contribution is 0.0378. The number of benzene rings is 2. The van der Waals surface area contributed by atoms with Crippen molar-refractivity contribution >= 4 is 35.3 Å². The maximum Gasteiger partial charge on any atom is 0.233 e. The Morgan fingerprint density at radius 2 is 1.61 bits per heavy atom. The molecule has 2 aromatic carbocycles. The van der Waals surface area contributed by atoms with E-state index in [9.17, 15) is 8.78 Å². The summed E-state index contributed by atoms with van der Waals surface area (Å²) in [5.74, 6) is -1.47. The Labute approximate surface area is 218 Å². The highest BCUT2D eigenvalue weighted by atomic mass is 19.1. The molecule has 194 valence electrons. The third-order valence-electron chi connectivity index (χ3n) is 5.60. The smallest absolute Gasteiger partial charge is 0.233 e. The quantitative estimate of drug-likeness (QED) is 0.265. The predicted octanol–water partition coefficient (Wildman–Crippen LogP) is 4.18. The molecule has 1 saturated heterocycles. The number of morpholine rings is 1. The minimum atomic E-state index is -0.871. The van der Waals surface area contributed by atoms with Gasteiger partial charge >= 0.3 is 0 Å². The molecule has 1 fully saturated rings. The van der Waals surface area contributed by atoms with Gasteiger partial charge < -0.3 is 20.7 Å². The van der Waals surface area contributed by atoms with E-state index >= 15 is 0 Å². The van der Waals surface area contributed by atoms with Crippen molar-refractivity contribution in [2.45, 2.75) is 6.42 Å². The van der Waals surface area contributed by atoms with Crippen molar-refractivity contribution in [2.75, 3.05) is 55.3 Å². The maximum absolute atomic E-state index is 14.7. The summed E-state index contributed by atoms with van der Waals surface area (Å²) in [4.78, 5) is 15.2. The van der Waals surface area contributed by atoms with Gasteiger partial charge in [0.05, 0.1) is 30.9 Å². The van der Waals surface area contributed by atoms with E-state index in [0.29, 0.717) is 17.8 Å². The number of ether oxygens (including phenoxy) is 1. The molecule has 0 spiro atoms. The second-order valence-corrected chi connectivity index (χ2v) is 8.30. The summed E-state index contributed by atoms with van der Waals surface area (Å²) < 4.78 is 34.8. The number of aromatic nitrogens is 3. The van der Waals surface area contributed by atoms with E-state index in [1.165, 1.54) is 6.08 Å². The van der Waals surface area contributed by atoms with Crippen molar-refractivity contribution in [3.05, 3.63) is 65.2 Å². The van der Waals surface area contributed by atoms with Gasteiger partial charge in [0.25, 0.3) is 0 Å². The van der Waals surface area contributed by atoms with Gasteiger partial charge in [0, 0.05) is 31.4 Å². The normalized spacial score (nSPS) is 13.6. The largest absolute Gasteiger partial charge is 0.379 e. The lowest BCUT2D eigenvalue weighted by Crippen LogP contribution is -2.37. The summed E-state index contributed by atoms with van der Waals surface area (Å²) in [6, 6.07) is 12.7. The minimum absolute atomic E-state index is 0.0788. The highest BCUT2D eigenvalue weighted by Gasteiger charge is 2.15. The molecule has 1 aromatic heterocycles. The monoisotopic (exact) mass is 517 g/mol. The highest BCUT2D eigenvalue weighted by Crippen LogP contribution is 2.25. The van der Waals surface area contributed by atoms with Crippen LogP contribution in [0.2, 0.25) is 0 Å². The lowest BCUT2D eigenvalue weighted by atomic mass is 10.1. The van der Waals surface area contributed by atoms with Crippen molar-refractivity contribution in [1.82, 2.24) is 19.9 Å². The van der Waals surface area contributed by atoms with E-state index in [-0.39, 0.29) is 23.4 Å². The summed E-state index contributed by atoms with van der Waals surface area (Å²) in [5.41, 5.74) is 0.877. The first-order valence-electron chi connectivity index (χ1n) is 11.9. The highest BCUT2D eigenvalue weighted by molar-refractivity contribution is 5.63. The summed E-state index contributed by atoms with van der Waals surface area (Å²) in [7, 11) is 0. The van der Waals surface area contributed by atoms with Crippen LogP contribution in [0.15, 0.2) is 42.5 Å². The van der Waals surface area contributed by atoms with E-state index in [1.54, 1.807) is 30.3 Å². The van der Waals surface area contributed by atoms with E-state index in [2.05, 4.69) is 41.9 Å². The Morgan fingerprint density at radius 1 is 0.947 bits per heavy atom. The summed E-state index contributed by atoms with van der Waals surface area (Å²) in [6.07, 6.45) is 3.26. The summed E-state index contributed by atoms with van der Waals surface area (Å²) in [5, 5.41) is 26.4. The fraction of sp³-hybridized carbons (Fsp3) is 0.269. The Hall–Kier alpha value is -4.65. The van der Waals surface area contributed by atoms with Gasteiger partial charge in [-0.15, -0.1) is 0 Å². The summed E-state index contributed by atoms with van der Waals surface area (Å²) in [6.45, 7) is 4.68. The van der Waals surface area contributed by atoms with E-state index < -0.39 is 17.3 Å². The van der Waals surface area contributed by atoms with Crippen LogP contribution in [0, 0.1) is 34.3 Å². The molecule has 1 aliphatic heterocycles. The van der Waals surface area contributed by atoms with Crippen molar-refractivity contribution in [2.24, 2.45) is 0 Å². The average molecular weight is 518 g/mol. The molecule has 1 aliphatic rings. The Morgan fingerprint density at radius 3 is 2.26 bits per heavy atom. The number of nitrogens with zero attached hydrogens (tertiary/aromatic N) is 6. The molecule has 0 radical (unpaired) electrons. The van der Waals surface area contributed by atoms with Gasteiger partial charge in [0.1, 0.15) is 17.3 Å². The third-order valence-corrected chi connectivity index (χ3v) is 5.60. The van der Waals surface area contributed by atoms with Crippen LogP contribution in [0.1, 0.15) is 17.5 Å². The number of hydrogen-bond acceptors (Lipinski definition) is 10. The average Bonchev–Trinajstić information content (AvgIpc) is 2.93. The van der Waals surface area contributed by atoms with Crippen LogP contribution in [0.25, 0.3) is 6.08 Å². The van der Waals surface area contributed by atoms with E-state index in [1.807, 2.05) is 0 Å². The topological polar surface area (TPSA) is 135 Å². The maximum atomic E-state index is 14.7. The number of nitriles is 2. The molecule has 3 aromatic rings. The van der Waals surface area contributed by atoms with Gasteiger partial charge in [0.2, 0.25) is 17.8 Å². The first kappa shape index (κ1) is 26.4. The van der Waals surface area contributed by atoms with Gasteiger partial charge in [0.15, 0.2) is 0 Å². The van der Waals surface area contributed by atoms with Crippen LogP contribution in [-0.2, 0) is 4.74 Å². The van der Waals surface area contributed by atoms with Crippen LogP contribution in [0.5, 0.6) is 0 Å². The molecule has 12 heteroatoms. The van der Waals surface area contributed by atoms with Crippen LogP contribution in [0.3, 0.4) is 0 Å². The second-order valence-electron chi connectivity index (χ2n) is 8.30. The standard InChI is InChI=1S/C26H25F2N9O/c27-21-15-19(3-1-8-29)16-22(28)23(21)33-26-35-24(31-9-2-10-37-11-13-38-14-12-37)34-25(36-26)32-20-6-4-18(17-30)5-7-20/h1,3-7,15-16H,2,9-14H2,(H3,31,32,33,34,35,36)/b3-1+. The van der Waals surface area contributed by atoms with Gasteiger partial charge in [-0.05, 0) is 61.0 Å². The van der Waals surface area contributed by atoms with Gasteiger partial charge in [-0.1, -0.05) is 0 Å².